The molecular weight excluding hydrogens is 270 g/mol. The maximum atomic E-state index is 12.3. The van der Waals surface area contributed by atoms with Gasteiger partial charge in [-0.3, -0.25) is 14.4 Å². The first-order valence-electron chi connectivity index (χ1n) is 7.78. The first-order valence-corrected chi connectivity index (χ1v) is 7.78. The van der Waals surface area contributed by atoms with Gasteiger partial charge >= 0.3 is 0 Å². The fraction of sp³-hybridized carbons (Fsp3) is 0.800. The zero-order valence-electron chi connectivity index (χ0n) is 13.0. The lowest BCUT2D eigenvalue weighted by Gasteiger charge is -2.25. The van der Waals surface area contributed by atoms with E-state index in [-0.39, 0.29) is 30.3 Å². The second-order valence-electron chi connectivity index (χ2n) is 6.04. The Bertz CT molecular complexity index is 424. The Morgan fingerprint density at radius 3 is 2.71 bits per heavy atom. The Morgan fingerprint density at radius 2 is 2.00 bits per heavy atom. The summed E-state index contributed by atoms with van der Waals surface area (Å²) in [4.78, 5) is 40.8. The second-order valence-corrected chi connectivity index (χ2v) is 6.04. The molecule has 0 aliphatic carbocycles. The summed E-state index contributed by atoms with van der Waals surface area (Å²) in [6, 6.07) is 0.103. The largest absolute Gasteiger partial charge is 0.341 e. The molecule has 2 rings (SSSR count). The van der Waals surface area contributed by atoms with Crippen LogP contribution in [0, 0.1) is 0 Å². The molecule has 2 aliphatic heterocycles. The van der Waals surface area contributed by atoms with Crippen LogP contribution in [0.15, 0.2) is 0 Å². The van der Waals surface area contributed by atoms with E-state index in [2.05, 4.69) is 0 Å². The fourth-order valence-corrected chi connectivity index (χ4v) is 3.01. The summed E-state index contributed by atoms with van der Waals surface area (Å²) in [7, 11) is 1.78. The van der Waals surface area contributed by atoms with E-state index in [0.29, 0.717) is 26.1 Å². The third-order valence-corrected chi connectivity index (χ3v) is 4.56. The van der Waals surface area contributed by atoms with Crippen LogP contribution in [-0.4, -0.2) is 71.7 Å². The van der Waals surface area contributed by atoms with Gasteiger partial charge in [0.2, 0.25) is 17.7 Å². The van der Waals surface area contributed by atoms with Crippen molar-refractivity contribution in [3.05, 3.63) is 0 Å². The lowest BCUT2D eigenvalue weighted by Crippen LogP contribution is -2.43. The molecule has 1 atom stereocenters. The average Bonchev–Trinajstić information content (AvgIpc) is 2.85. The van der Waals surface area contributed by atoms with Gasteiger partial charge in [-0.15, -0.1) is 0 Å². The maximum Gasteiger partial charge on any atom is 0.242 e. The summed E-state index contributed by atoms with van der Waals surface area (Å²) in [6.07, 6.45) is 4.35. The molecule has 21 heavy (non-hydrogen) atoms. The minimum Gasteiger partial charge on any atom is -0.341 e. The maximum absolute atomic E-state index is 12.3. The summed E-state index contributed by atoms with van der Waals surface area (Å²) in [5.41, 5.74) is 0. The van der Waals surface area contributed by atoms with Gasteiger partial charge in [-0.25, -0.2) is 0 Å². The zero-order valence-corrected chi connectivity index (χ0v) is 13.0. The van der Waals surface area contributed by atoms with Gasteiger partial charge in [0.1, 0.15) is 0 Å². The predicted molar refractivity (Wildman–Crippen MR) is 78.5 cm³/mol. The van der Waals surface area contributed by atoms with Crippen LogP contribution in [-0.2, 0) is 14.4 Å². The summed E-state index contributed by atoms with van der Waals surface area (Å²) in [5, 5.41) is 0. The topological polar surface area (TPSA) is 60.9 Å². The number of likely N-dealkylation sites (N-methyl/N-ethyl adjacent to an activating group) is 1. The monoisotopic (exact) mass is 295 g/mol. The van der Waals surface area contributed by atoms with Crippen molar-refractivity contribution in [1.82, 2.24) is 14.7 Å². The first kappa shape index (κ1) is 15.8. The molecule has 0 bridgehead atoms. The van der Waals surface area contributed by atoms with Gasteiger partial charge in [-0.2, -0.15) is 0 Å². The zero-order chi connectivity index (χ0) is 15.4. The molecule has 118 valence electrons. The van der Waals surface area contributed by atoms with Gasteiger partial charge < -0.3 is 14.7 Å². The number of hydrogen-bond acceptors (Lipinski definition) is 3. The summed E-state index contributed by atoms with van der Waals surface area (Å²) < 4.78 is 0. The highest BCUT2D eigenvalue weighted by atomic mass is 16.2. The predicted octanol–water partition coefficient (Wildman–Crippen LogP) is 0.468. The Kier molecular flexibility index (Phi) is 5.20. The van der Waals surface area contributed by atoms with E-state index >= 15 is 0 Å². The van der Waals surface area contributed by atoms with Crippen molar-refractivity contribution in [1.29, 1.82) is 0 Å². The molecule has 3 amide bonds. The van der Waals surface area contributed by atoms with Crippen LogP contribution >= 0.6 is 0 Å². The van der Waals surface area contributed by atoms with E-state index in [1.165, 1.54) is 0 Å². The van der Waals surface area contributed by atoms with Gasteiger partial charge in [0.25, 0.3) is 0 Å². The second kappa shape index (κ2) is 6.91. The van der Waals surface area contributed by atoms with Gasteiger partial charge in [0.15, 0.2) is 0 Å². The van der Waals surface area contributed by atoms with Crippen LogP contribution in [0.3, 0.4) is 0 Å². The molecule has 0 aromatic heterocycles. The normalized spacial score (nSPS) is 23.1. The van der Waals surface area contributed by atoms with E-state index in [4.69, 9.17) is 0 Å². The third-order valence-electron chi connectivity index (χ3n) is 4.56. The van der Waals surface area contributed by atoms with Crippen molar-refractivity contribution in [2.45, 2.75) is 45.1 Å². The minimum absolute atomic E-state index is 0.00435. The first-order chi connectivity index (χ1) is 9.99. The van der Waals surface area contributed by atoms with Gasteiger partial charge in [0, 0.05) is 40.0 Å². The molecule has 2 aliphatic rings. The number of carbonyl (C=O) groups excluding carboxylic acids is 3. The van der Waals surface area contributed by atoms with Crippen molar-refractivity contribution in [3.63, 3.8) is 0 Å². The van der Waals surface area contributed by atoms with Crippen molar-refractivity contribution < 1.29 is 14.4 Å². The summed E-state index contributed by atoms with van der Waals surface area (Å²) in [6.45, 7) is 3.67. The van der Waals surface area contributed by atoms with Crippen molar-refractivity contribution in [2.75, 3.05) is 33.2 Å². The smallest absolute Gasteiger partial charge is 0.242 e. The van der Waals surface area contributed by atoms with E-state index in [1.807, 2.05) is 0 Å². The number of hydrogen-bond donors (Lipinski definition) is 0. The van der Waals surface area contributed by atoms with E-state index < -0.39 is 0 Å². The molecule has 0 aromatic carbocycles. The van der Waals surface area contributed by atoms with Crippen LogP contribution < -0.4 is 0 Å². The SMILES string of the molecule is CC(=O)N(C)C1CCN(C(=O)CN2CCCCCC2=O)C1. The van der Waals surface area contributed by atoms with E-state index in [0.717, 1.165) is 25.7 Å². The van der Waals surface area contributed by atoms with Crippen LogP contribution in [0.25, 0.3) is 0 Å². The van der Waals surface area contributed by atoms with Crippen LogP contribution in [0.1, 0.15) is 39.0 Å². The fourth-order valence-electron chi connectivity index (χ4n) is 3.01. The van der Waals surface area contributed by atoms with Crippen molar-refractivity contribution in [2.24, 2.45) is 0 Å². The lowest BCUT2D eigenvalue weighted by atomic mass is 10.2. The molecule has 6 heteroatoms. The quantitative estimate of drug-likeness (QED) is 0.760. The Balaban J connectivity index is 1.86. The molecule has 2 heterocycles. The third kappa shape index (κ3) is 3.95. The van der Waals surface area contributed by atoms with Gasteiger partial charge in [-0.1, -0.05) is 6.42 Å². The molecule has 0 N–H and O–H groups in total. The number of likely N-dealkylation sites (tertiary alicyclic amines) is 2. The molecule has 0 spiro atoms. The van der Waals surface area contributed by atoms with Crippen molar-refractivity contribution in [3.8, 4) is 0 Å². The average molecular weight is 295 g/mol. The molecule has 1 unspecified atom stereocenters. The van der Waals surface area contributed by atoms with E-state index in [9.17, 15) is 14.4 Å². The molecule has 2 saturated heterocycles. The highest BCUT2D eigenvalue weighted by Gasteiger charge is 2.31. The molecular formula is C15H25N3O3. The highest BCUT2D eigenvalue weighted by Crippen LogP contribution is 2.16. The molecule has 0 radical (unpaired) electrons. The number of carbonyl (C=O) groups is 3. The minimum atomic E-state index is 0.00435. The number of nitrogens with zero attached hydrogens (tertiary/aromatic N) is 3. The molecule has 0 aromatic rings. The standard InChI is InChI=1S/C15H25N3O3/c1-12(19)16(2)13-7-9-18(10-13)15(21)11-17-8-5-3-4-6-14(17)20/h13H,3-11H2,1-2H3. The number of rotatable bonds is 3. The molecule has 2 fully saturated rings. The number of amides is 3. The highest BCUT2D eigenvalue weighted by molar-refractivity contribution is 5.85. The van der Waals surface area contributed by atoms with Crippen molar-refractivity contribution >= 4 is 17.7 Å². The molecule has 0 saturated carbocycles. The Labute approximate surface area is 126 Å². The van der Waals surface area contributed by atoms with E-state index in [1.54, 1.807) is 28.7 Å². The van der Waals surface area contributed by atoms with Gasteiger partial charge in [-0.05, 0) is 19.3 Å². The Morgan fingerprint density at radius 1 is 1.24 bits per heavy atom. The summed E-state index contributed by atoms with van der Waals surface area (Å²) >= 11 is 0. The summed E-state index contributed by atoms with van der Waals surface area (Å²) in [5.74, 6) is 0.124. The van der Waals surface area contributed by atoms with Crippen LogP contribution in [0.4, 0.5) is 0 Å². The lowest BCUT2D eigenvalue weighted by molar-refractivity contribution is -0.139. The molecule has 6 nitrogen and oxygen atoms in total. The van der Waals surface area contributed by atoms with Gasteiger partial charge in [0.05, 0.1) is 12.6 Å². The van der Waals surface area contributed by atoms with Crippen LogP contribution in [0.5, 0.6) is 0 Å². The Hall–Kier alpha value is -1.59. The van der Waals surface area contributed by atoms with Crippen LogP contribution in [0.2, 0.25) is 0 Å².